The predicted molar refractivity (Wildman–Crippen MR) is 85.0 cm³/mol. The number of nitrogens with one attached hydrogen (secondary N) is 1. The lowest BCUT2D eigenvalue weighted by Gasteiger charge is -2.20. The van der Waals surface area contributed by atoms with E-state index in [0.717, 1.165) is 11.3 Å². The van der Waals surface area contributed by atoms with E-state index in [-0.39, 0.29) is 18.2 Å². The fraction of sp³-hybridized carbons (Fsp3) is 0.235. The van der Waals surface area contributed by atoms with Crippen LogP contribution in [0.1, 0.15) is 18.9 Å². The molecule has 22 heavy (non-hydrogen) atoms. The maximum absolute atomic E-state index is 11.9. The van der Waals surface area contributed by atoms with Crippen LogP contribution in [0.3, 0.4) is 0 Å². The van der Waals surface area contributed by atoms with Crippen molar-refractivity contribution in [2.45, 2.75) is 19.9 Å². The number of aromatic nitrogens is 1. The fourth-order valence-corrected chi connectivity index (χ4v) is 2.04. The van der Waals surface area contributed by atoms with Crippen LogP contribution in [-0.4, -0.2) is 28.2 Å². The SMILES string of the molecule is CC(=O)N(CCC(=O)Nc1ccccc1)Cc1ccncc1. The van der Waals surface area contributed by atoms with E-state index in [0.29, 0.717) is 13.1 Å². The first-order valence-corrected chi connectivity index (χ1v) is 7.14. The molecule has 1 aromatic heterocycles. The summed E-state index contributed by atoms with van der Waals surface area (Å²) < 4.78 is 0. The minimum absolute atomic E-state index is 0.0516. The van der Waals surface area contributed by atoms with E-state index >= 15 is 0 Å². The second-order valence-electron chi connectivity index (χ2n) is 4.96. The lowest BCUT2D eigenvalue weighted by atomic mass is 10.2. The first kappa shape index (κ1) is 15.7. The van der Waals surface area contributed by atoms with Gasteiger partial charge in [-0.15, -0.1) is 0 Å². The van der Waals surface area contributed by atoms with Crippen molar-refractivity contribution in [3.8, 4) is 0 Å². The molecule has 2 amide bonds. The van der Waals surface area contributed by atoms with E-state index in [1.165, 1.54) is 6.92 Å². The molecule has 0 saturated heterocycles. The van der Waals surface area contributed by atoms with Gasteiger partial charge in [0.1, 0.15) is 0 Å². The first-order valence-electron chi connectivity index (χ1n) is 7.14. The molecule has 5 nitrogen and oxygen atoms in total. The number of hydrogen-bond donors (Lipinski definition) is 1. The minimum atomic E-state index is -0.104. The standard InChI is InChI=1S/C17H19N3O2/c1-14(21)20(13-15-7-10-18-11-8-15)12-9-17(22)19-16-5-3-2-4-6-16/h2-8,10-11H,9,12-13H2,1H3,(H,19,22). The van der Waals surface area contributed by atoms with Crippen LogP contribution in [0.5, 0.6) is 0 Å². The van der Waals surface area contributed by atoms with Crippen LogP contribution >= 0.6 is 0 Å². The molecule has 0 unspecified atom stereocenters. The van der Waals surface area contributed by atoms with Crippen molar-refractivity contribution >= 4 is 17.5 Å². The summed E-state index contributed by atoms with van der Waals surface area (Å²) in [7, 11) is 0. The van der Waals surface area contributed by atoms with Crippen LogP contribution < -0.4 is 5.32 Å². The van der Waals surface area contributed by atoms with E-state index in [2.05, 4.69) is 10.3 Å². The molecule has 0 atom stereocenters. The maximum atomic E-state index is 11.9. The zero-order valence-electron chi connectivity index (χ0n) is 12.5. The molecular formula is C17H19N3O2. The van der Waals surface area contributed by atoms with Crippen molar-refractivity contribution in [3.05, 3.63) is 60.4 Å². The summed E-state index contributed by atoms with van der Waals surface area (Å²) in [6, 6.07) is 13.0. The van der Waals surface area contributed by atoms with Gasteiger partial charge in [-0.2, -0.15) is 0 Å². The number of anilines is 1. The van der Waals surface area contributed by atoms with Gasteiger partial charge in [-0.3, -0.25) is 14.6 Å². The molecule has 0 spiro atoms. The first-order chi connectivity index (χ1) is 10.6. The van der Waals surface area contributed by atoms with Crippen LogP contribution in [0.4, 0.5) is 5.69 Å². The molecule has 0 fully saturated rings. The summed E-state index contributed by atoms with van der Waals surface area (Å²) in [5.74, 6) is -0.156. The van der Waals surface area contributed by atoms with Gasteiger partial charge in [0.15, 0.2) is 0 Å². The van der Waals surface area contributed by atoms with Crippen molar-refractivity contribution in [2.75, 3.05) is 11.9 Å². The molecule has 0 aliphatic heterocycles. The zero-order chi connectivity index (χ0) is 15.8. The molecule has 0 radical (unpaired) electrons. The van der Waals surface area contributed by atoms with Crippen molar-refractivity contribution in [3.63, 3.8) is 0 Å². The lowest BCUT2D eigenvalue weighted by molar-refractivity contribution is -0.129. The van der Waals surface area contributed by atoms with Gasteiger partial charge >= 0.3 is 0 Å². The molecule has 0 aliphatic carbocycles. The van der Waals surface area contributed by atoms with Gasteiger partial charge in [0.25, 0.3) is 0 Å². The highest BCUT2D eigenvalue weighted by Crippen LogP contribution is 2.07. The average molecular weight is 297 g/mol. The van der Waals surface area contributed by atoms with Gasteiger partial charge < -0.3 is 10.2 Å². The molecule has 2 aromatic rings. The van der Waals surface area contributed by atoms with Gasteiger partial charge in [0, 0.05) is 44.5 Å². The van der Waals surface area contributed by atoms with E-state index < -0.39 is 0 Å². The van der Waals surface area contributed by atoms with Gasteiger partial charge in [0.05, 0.1) is 0 Å². The van der Waals surface area contributed by atoms with Gasteiger partial charge in [-0.05, 0) is 29.8 Å². The molecule has 1 aromatic carbocycles. The number of rotatable bonds is 6. The van der Waals surface area contributed by atoms with Crippen LogP contribution in [-0.2, 0) is 16.1 Å². The Balaban J connectivity index is 1.86. The largest absolute Gasteiger partial charge is 0.338 e. The number of amides is 2. The number of hydrogen-bond acceptors (Lipinski definition) is 3. The van der Waals surface area contributed by atoms with Crippen molar-refractivity contribution in [2.24, 2.45) is 0 Å². The highest BCUT2D eigenvalue weighted by molar-refractivity contribution is 5.91. The Morgan fingerprint density at radius 3 is 2.41 bits per heavy atom. The second-order valence-corrected chi connectivity index (χ2v) is 4.96. The monoisotopic (exact) mass is 297 g/mol. The Hall–Kier alpha value is -2.69. The number of para-hydroxylation sites is 1. The van der Waals surface area contributed by atoms with E-state index in [1.54, 1.807) is 17.3 Å². The van der Waals surface area contributed by atoms with Crippen LogP contribution in [0, 0.1) is 0 Å². The summed E-state index contributed by atoms with van der Waals surface area (Å²) in [5, 5.41) is 2.81. The van der Waals surface area contributed by atoms with Crippen molar-refractivity contribution < 1.29 is 9.59 Å². The third-order valence-electron chi connectivity index (χ3n) is 3.23. The van der Waals surface area contributed by atoms with Gasteiger partial charge in [0.2, 0.25) is 11.8 Å². The van der Waals surface area contributed by atoms with E-state index in [1.807, 2.05) is 42.5 Å². The third-order valence-corrected chi connectivity index (χ3v) is 3.23. The van der Waals surface area contributed by atoms with Gasteiger partial charge in [-0.1, -0.05) is 18.2 Å². The maximum Gasteiger partial charge on any atom is 0.226 e. The number of pyridine rings is 1. The van der Waals surface area contributed by atoms with Gasteiger partial charge in [-0.25, -0.2) is 0 Å². The molecule has 0 bridgehead atoms. The smallest absolute Gasteiger partial charge is 0.226 e. The fourth-order valence-electron chi connectivity index (χ4n) is 2.04. The van der Waals surface area contributed by atoms with E-state index in [4.69, 9.17) is 0 Å². The summed E-state index contributed by atoms with van der Waals surface area (Å²) >= 11 is 0. The lowest BCUT2D eigenvalue weighted by Crippen LogP contribution is -2.31. The molecule has 1 heterocycles. The third kappa shape index (κ3) is 5.01. The second kappa shape index (κ2) is 7.93. The van der Waals surface area contributed by atoms with Crippen LogP contribution in [0.2, 0.25) is 0 Å². The number of carbonyl (C=O) groups excluding carboxylic acids is 2. The Morgan fingerprint density at radius 2 is 1.77 bits per heavy atom. The topological polar surface area (TPSA) is 62.3 Å². The molecule has 2 rings (SSSR count). The molecule has 1 N–H and O–H groups in total. The number of benzene rings is 1. The normalized spacial score (nSPS) is 10.0. The molecule has 0 aliphatic rings. The quantitative estimate of drug-likeness (QED) is 0.891. The summed E-state index contributed by atoms with van der Waals surface area (Å²) in [6.45, 7) is 2.38. The number of carbonyl (C=O) groups is 2. The highest BCUT2D eigenvalue weighted by Gasteiger charge is 2.12. The summed E-state index contributed by atoms with van der Waals surface area (Å²) in [4.78, 5) is 29.2. The molecule has 114 valence electrons. The van der Waals surface area contributed by atoms with E-state index in [9.17, 15) is 9.59 Å². The summed E-state index contributed by atoms with van der Waals surface area (Å²) in [6.07, 6.45) is 3.64. The minimum Gasteiger partial charge on any atom is -0.338 e. The van der Waals surface area contributed by atoms with Crippen LogP contribution in [0.15, 0.2) is 54.9 Å². The van der Waals surface area contributed by atoms with Crippen molar-refractivity contribution in [1.29, 1.82) is 0 Å². The summed E-state index contributed by atoms with van der Waals surface area (Å²) in [5.41, 5.74) is 1.75. The van der Waals surface area contributed by atoms with Crippen molar-refractivity contribution in [1.82, 2.24) is 9.88 Å². The molecular weight excluding hydrogens is 278 g/mol. The van der Waals surface area contributed by atoms with Crippen LogP contribution in [0.25, 0.3) is 0 Å². The Labute approximate surface area is 130 Å². The Bertz CT molecular complexity index is 614. The molecule has 0 saturated carbocycles. The predicted octanol–water partition coefficient (Wildman–Crippen LogP) is 2.46. The zero-order valence-corrected chi connectivity index (χ0v) is 12.5. The number of nitrogens with zero attached hydrogens (tertiary/aromatic N) is 2. The Morgan fingerprint density at radius 1 is 1.09 bits per heavy atom. The Kier molecular flexibility index (Phi) is 5.65. The average Bonchev–Trinajstić information content (AvgIpc) is 2.53. The molecule has 5 heteroatoms. The highest BCUT2D eigenvalue weighted by atomic mass is 16.2.